The van der Waals surface area contributed by atoms with Crippen molar-refractivity contribution in [2.24, 2.45) is 4.99 Å². The summed E-state index contributed by atoms with van der Waals surface area (Å²) in [5.74, 6) is 2.69. The molecule has 2 rings (SSSR count). The Bertz CT molecular complexity index is 581. The molecular weight excluding hydrogens is 292 g/mol. The molecule has 0 spiro atoms. The van der Waals surface area contributed by atoms with Crippen molar-refractivity contribution in [3.8, 4) is 0 Å². The van der Waals surface area contributed by atoms with Crippen molar-refractivity contribution in [3.63, 3.8) is 0 Å². The van der Waals surface area contributed by atoms with Crippen LogP contribution in [0.15, 0.2) is 32.3 Å². The van der Waals surface area contributed by atoms with E-state index in [2.05, 4.69) is 41.6 Å². The van der Waals surface area contributed by atoms with Gasteiger partial charge in [-0.1, -0.05) is 19.0 Å². The van der Waals surface area contributed by atoms with Gasteiger partial charge in [0, 0.05) is 31.5 Å². The summed E-state index contributed by atoms with van der Waals surface area (Å²) in [6.45, 7) is 8.36. The molecule has 23 heavy (non-hydrogen) atoms. The van der Waals surface area contributed by atoms with Crippen LogP contribution in [0.25, 0.3) is 0 Å². The number of nitrogens with zero attached hydrogens (tertiary/aromatic N) is 2. The van der Waals surface area contributed by atoms with Crippen molar-refractivity contribution in [1.82, 2.24) is 15.8 Å². The maximum atomic E-state index is 5.39. The monoisotopic (exact) mass is 318 g/mol. The summed E-state index contributed by atoms with van der Waals surface area (Å²) in [7, 11) is 0. The standard InChI is InChI=1S/C17H26N4O2/c1-4-15-14(16(5-2)23-21-15)12-20-17(18-6-3)19-10-9-13-8-7-11-22-13/h7-8,11H,4-6,9-10,12H2,1-3H3,(H2,18,19,20). The summed E-state index contributed by atoms with van der Waals surface area (Å²) >= 11 is 0. The molecular formula is C17H26N4O2. The van der Waals surface area contributed by atoms with Crippen molar-refractivity contribution in [1.29, 1.82) is 0 Å². The highest BCUT2D eigenvalue weighted by Gasteiger charge is 2.13. The summed E-state index contributed by atoms with van der Waals surface area (Å²) in [6, 6.07) is 3.88. The van der Waals surface area contributed by atoms with Gasteiger partial charge in [0.2, 0.25) is 0 Å². The molecule has 0 aliphatic rings. The zero-order valence-corrected chi connectivity index (χ0v) is 14.2. The molecule has 6 heteroatoms. The normalized spacial score (nSPS) is 11.7. The molecule has 2 aromatic rings. The average molecular weight is 318 g/mol. The summed E-state index contributed by atoms with van der Waals surface area (Å²) in [4.78, 5) is 4.66. The van der Waals surface area contributed by atoms with Crippen LogP contribution >= 0.6 is 0 Å². The molecule has 0 aromatic carbocycles. The summed E-state index contributed by atoms with van der Waals surface area (Å²) in [5.41, 5.74) is 2.11. The summed E-state index contributed by atoms with van der Waals surface area (Å²) < 4.78 is 10.7. The number of furan rings is 1. The third-order valence-electron chi connectivity index (χ3n) is 3.59. The molecule has 126 valence electrons. The number of hydrogen-bond donors (Lipinski definition) is 2. The van der Waals surface area contributed by atoms with Gasteiger partial charge in [-0.2, -0.15) is 0 Å². The van der Waals surface area contributed by atoms with Crippen molar-refractivity contribution >= 4 is 5.96 Å². The topological polar surface area (TPSA) is 75.6 Å². The Morgan fingerprint density at radius 1 is 1.22 bits per heavy atom. The molecule has 2 aromatic heterocycles. The Kier molecular flexibility index (Phi) is 6.72. The zero-order valence-electron chi connectivity index (χ0n) is 14.2. The van der Waals surface area contributed by atoms with Crippen molar-refractivity contribution < 1.29 is 8.94 Å². The van der Waals surface area contributed by atoms with Gasteiger partial charge in [-0.25, -0.2) is 4.99 Å². The fraction of sp³-hybridized carbons (Fsp3) is 0.529. The average Bonchev–Trinajstić information content (AvgIpc) is 3.21. The molecule has 0 atom stereocenters. The minimum Gasteiger partial charge on any atom is -0.469 e. The number of aliphatic imine (C=N–C) groups is 1. The van der Waals surface area contributed by atoms with Gasteiger partial charge in [0.25, 0.3) is 0 Å². The maximum Gasteiger partial charge on any atom is 0.191 e. The number of aryl methyl sites for hydroxylation is 2. The number of guanidine groups is 1. The van der Waals surface area contributed by atoms with E-state index < -0.39 is 0 Å². The Balaban J connectivity index is 1.96. The lowest BCUT2D eigenvalue weighted by atomic mass is 10.1. The molecule has 0 saturated heterocycles. The smallest absolute Gasteiger partial charge is 0.191 e. The van der Waals surface area contributed by atoms with Gasteiger partial charge in [0.15, 0.2) is 5.96 Å². The highest BCUT2D eigenvalue weighted by molar-refractivity contribution is 5.79. The van der Waals surface area contributed by atoms with E-state index in [1.807, 2.05) is 12.1 Å². The molecule has 0 bridgehead atoms. The van der Waals surface area contributed by atoms with Gasteiger partial charge in [0.1, 0.15) is 11.5 Å². The largest absolute Gasteiger partial charge is 0.469 e. The molecule has 0 aliphatic carbocycles. The van der Waals surface area contributed by atoms with E-state index in [1.165, 1.54) is 0 Å². The lowest BCUT2D eigenvalue weighted by molar-refractivity contribution is 0.380. The molecule has 0 aliphatic heterocycles. The van der Waals surface area contributed by atoms with E-state index >= 15 is 0 Å². The van der Waals surface area contributed by atoms with Gasteiger partial charge in [-0.3, -0.25) is 0 Å². The number of rotatable bonds is 8. The van der Waals surface area contributed by atoms with Crippen molar-refractivity contribution in [3.05, 3.63) is 41.2 Å². The predicted molar refractivity (Wildman–Crippen MR) is 90.5 cm³/mol. The predicted octanol–water partition coefficient (Wildman–Crippen LogP) is 2.69. The van der Waals surface area contributed by atoms with Crippen LogP contribution in [0.2, 0.25) is 0 Å². The Morgan fingerprint density at radius 2 is 2.09 bits per heavy atom. The molecule has 2 heterocycles. The van der Waals surface area contributed by atoms with Crippen molar-refractivity contribution in [2.75, 3.05) is 13.1 Å². The Labute approximate surface area is 137 Å². The first-order valence-corrected chi connectivity index (χ1v) is 8.29. The van der Waals surface area contributed by atoms with Gasteiger partial charge >= 0.3 is 0 Å². The lowest BCUT2D eigenvalue weighted by Crippen LogP contribution is -2.38. The van der Waals surface area contributed by atoms with Gasteiger partial charge in [-0.15, -0.1) is 0 Å². The molecule has 6 nitrogen and oxygen atoms in total. The van der Waals surface area contributed by atoms with E-state index in [9.17, 15) is 0 Å². The van der Waals surface area contributed by atoms with E-state index in [0.717, 1.165) is 61.1 Å². The zero-order chi connectivity index (χ0) is 16.5. The van der Waals surface area contributed by atoms with Crippen LogP contribution in [0.3, 0.4) is 0 Å². The third-order valence-corrected chi connectivity index (χ3v) is 3.59. The molecule has 0 radical (unpaired) electrons. The van der Waals surface area contributed by atoms with E-state index in [1.54, 1.807) is 6.26 Å². The minimum absolute atomic E-state index is 0.575. The highest BCUT2D eigenvalue weighted by Crippen LogP contribution is 2.16. The van der Waals surface area contributed by atoms with Crippen LogP contribution in [-0.4, -0.2) is 24.2 Å². The minimum atomic E-state index is 0.575. The SMILES string of the molecule is CCNC(=NCc1c(CC)noc1CC)NCCc1ccco1. The molecule has 0 unspecified atom stereocenters. The van der Waals surface area contributed by atoms with Crippen LogP contribution in [0.5, 0.6) is 0 Å². The van der Waals surface area contributed by atoms with Crippen molar-refractivity contribution in [2.45, 2.75) is 46.6 Å². The first kappa shape index (κ1) is 17.1. The van der Waals surface area contributed by atoms with Crippen LogP contribution in [0, 0.1) is 0 Å². The Hall–Kier alpha value is -2.24. The van der Waals surface area contributed by atoms with Gasteiger partial charge in [-0.05, 0) is 25.5 Å². The first-order chi connectivity index (χ1) is 11.3. The summed E-state index contributed by atoms with van der Waals surface area (Å²) in [5, 5.41) is 10.7. The van der Waals surface area contributed by atoms with E-state index in [0.29, 0.717) is 6.54 Å². The fourth-order valence-corrected chi connectivity index (χ4v) is 2.38. The quantitative estimate of drug-likeness (QED) is 0.578. The maximum absolute atomic E-state index is 5.39. The number of hydrogen-bond acceptors (Lipinski definition) is 4. The van der Waals surface area contributed by atoms with Crippen LogP contribution in [0.4, 0.5) is 0 Å². The van der Waals surface area contributed by atoms with Gasteiger partial charge < -0.3 is 19.6 Å². The van der Waals surface area contributed by atoms with Crippen LogP contribution < -0.4 is 10.6 Å². The van der Waals surface area contributed by atoms with Crippen LogP contribution in [-0.2, 0) is 25.8 Å². The highest BCUT2D eigenvalue weighted by atomic mass is 16.5. The van der Waals surface area contributed by atoms with Gasteiger partial charge in [0.05, 0.1) is 18.5 Å². The first-order valence-electron chi connectivity index (χ1n) is 8.29. The van der Waals surface area contributed by atoms with Crippen LogP contribution in [0.1, 0.15) is 43.5 Å². The molecule has 2 N–H and O–H groups in total. The third kappa shape index (κ3) is 4.87. The number of aromatic nitrogens is 1. The summed E-state index contributed by atoms with van der Waals surface area (Å²) in [6.07, 6.45) is 4.21. The Morgan fingerprint density at radius 3 is 2.74 bits per heavy atom. The lowest BCUT2D eigenvalue weighted by Gasteiger charge is -2.10. The second kappa shape index (κ2) is 9.02. The fourth-order valence-electron chi connectivity index (χ4n) is 2.38. The van der Waals surface area contributed by atoms with E-state index in [-0.39, 0.29) is 0 Å². The molecule has 0 fully saturated rings. The number of nitrogens with one attached hydrogen (secondary N) is 2. The van der Waals surface area contributed by atoms with E-state index in [4.69, 9.17) is 8.94 Å². The second-order valence-electron chi connectivity index (χ2n) is 5.19. The molecule has 0 saturated carbocycles. The second-order valence-corrected chi connectivity index (χ2v) is 5.19. The molecule has 0 amide bonds.